The lowest BCUT2D eigenvalue weighted by molar-refractivity contribution is 0.553. The summed E-state index contributed by atoms with van der Waals surface area (Å²) in [5.41, 5.74) is 1.73. The molecule has 0 atom stereocenters. The third-order valence-corrected chi connectivity index (χ3v) is 2.95. The first kappa shape index (κ1) is 13.0. The van der Waals surface area contributed by atoms with E-state index in [9.17, 15) is 4.39 Å². The van der Waals surface area contributed by atoms with E-state index in [4.69, 9.17) is 0 Å². The first-order chi connectivity index (χ1) is 8.63. The molecule has 0 aliphatic rings. The van der Waals surface area contributed by atoms with Crippen LogP contribution in [0.3, 0.4) is 0 Å². The van der Waals surface area contributed by atoms with Crippen molar-refractivity contribution in [3.05, 3.63) is 29.8 Å². The van der Waals surface area contributed by atoms with Gasteiger partial charge in [-0.25, -0.2) is 9.37 Å². The van der Waals surface area contributed by atoms with Gasteiger partial charge in [0, 0.05) is 12.1 Å². The van der Waals surface area contributed by atoms with Crippen LogP contribution in [0, 0.1) is 5.82 Å². The van der Waals surface area contributed by atoms with Gasteiger partial charge in [-0.15, -0.1) is 0 Å². The number of nitrogens with zero attached hydrogens (tertiary/aromatic N) is 2. The summed E-state index contributed by atoms with van der Waals surface area (Å²) in [5.74, 6) is 0.739. The van der Waals surface area contributed by atoms with E-state index in [-0.39, 0.29) is 5.82 Å². The second kappa shape index (κ2) is 5.48. The molecule has 98 valence electrons. The Balaban J connectivity index is 2.41. The summed E-state index contributed by atoms with van der Waals surface area (Å²) in [5, 5.41) is 3.35. The van der Waals surface area contributed by atoms with Crippen LogP contribution in [0.5, 0.6) is 0 Å². The van der Waals surface area contributed by atoms with E-state index in [2.05, 4.69) is 35.6 Å². The molecule has 0 saturated heterocycles. The lowest BCUT2D eigenvalue weighted by Gasteiger charge is -2.13. The van der Waals surface area contributed by atoms with Gasteiger partial charge in [0.2, 0.25) is 0 Å². The van der Waals surface area contributed by atoms with Crippen molar-refractivity contribution in [3.8, 4) is 0 Å². The Hall–Kier alpha value is -1.42. The maximum absolute atomic E-state index is 13.2. The van der Waals surface area contributed by atoms with E-state index in [0.29, 0.717) is 6.04 Å². The number of benzene rings is 1. The van der Waals surface area contributed by atoms with Gasteiger partial charge in [-0.1, -0.05) is 6.92 Å². The van der Waals surface area contributed by atoms with E-state index in [0.717, 1.165) is 36.4 Å². The largest absolute Gasteiger partial charge is 0.324 e. The Labute approximate surface area is 107 Å². The number of halogens is 1. The summed E-state index contributed by atoms with van der Waals surface area (Å²) in [4.78, 5) is 4.53. The van der Waals surface area contributed by atoms with Crippen LogP contribution < -0.4 is 5.32 Å². The number of aromatic nitrogens is 2. The first-order valence-electron chi connectivity index (χ1n) is 6.50. The summed E-state index contributed by atoms with van der Waals surface area (Å²) >= 11 is 0. The van der Waals surface area contributed by atoms with Gasteiger partial charge >= 0.3 is 0 Å². The number of rotatable bonds is 5. The smallest absolute Gasteiger partial charge is 0.125 e. The van der Waals surface area contributed by atoms with Gasteiger partial charge in [0.1, 0.15) is 11.6 Å². The highest BCUT2D eigenvalue weighted by molar-refractivity contribution is 5.76. The minimum atomic E-state index is -0.232. The summed E-state index contributed by atoms with van der Waals surface area (Å²) in [6.07, 6.45) is 1.09. The third kappa shape index (κ3) is 2.53. The van der Waals surface area contributed by atoms with Crippen LogP contribution in [-0.4, -0.2) is 16.1 Å². The number of imidazole rings is 1. The zero-order chi connectivity index (χ0) is 13.1. The maximum atomic E-state index is 13.2. The van der Waals surface area contributed by atoms with Crippen LogP contribution in [0.15, 0.2) is 18.2 Å². The monoisotopic (exact) mass is 249 g/mol. The number of fused-ring (bicyclic) bond motifs is 1. The molecular formula is C14H20FN3. The van der Waals surface area contributed by atoms with Crippen LogP contribution in [0.2, 0.25) is 0 Å². The highest BCUT2D eigenvalue weighted by Gasteiger charge is 2.13. The van der Waals surface area contributed by atoms with Crippen molar-refractivity contribution in [1.82, 2.24) is 14.9 Å². The molecule has 18 heavy (non-hydrogen) atoms. The topological polar surface area (TPSA) is 29.9 Å². The van der Waals surface area contributed by atoms with Gasteiger partial charge in [-0.05, 0) is 38.9 Å². The molecule has 2 rings (SSSR count). The van der Waals surface area contributed by atoms with E-state index in [1.165, 1.54) is 12.1 Å². The molecule has 4 heteroatoms. The molecule has 0 aliphatic carbocycles. The zero-order valence-electron chi connectivity index (χ0n) is 11.2. The SMILES string of the molecule is CCCNCc1nc2cc(F)ccc2n1C(C)C. The zero-order valence-corrected chi connectivity index (χ0v) is 11.2. The normalized spacial score (nSPS) is 11.6. The highest BCUT2D eigenvalue weighted by Crippen LogP contribution is 2.21. The molecule has 3 nitrogen and oxygen atoms in total. The fraction of sp³-hybridized carbons (Fsp3) is 0.500. The molecule has 1 N–H and O–H groups in total. The quantitative estimate of drug-likeness (QED) is 0.824. The fourth-order valence-corrected chi connectivity index (χ4v) is 2.20. The predicted octanol–water partition coefficient (Wildman–Crippen LogP) is 3.26. The third-order valence-electron chi connectivity index (χ3n) is 2.95. The lowest BCUT2D eigenvalue weighted by atomic mass is 10.3. The Morgan fingerprint density at radius 1 is 1.39 bits per heavy atom. The van der Waals surface area contributed by atoms with Crippen LogP contribution in [0.4, 0.5) is 4.39 Å². The summed E-state index contributed by atoms with van der Waals surface area (Å²) in [7, 11) is 0. The Morgan fingerprint density at radius 3 is 2.83 bits per heavy atom. The number of nitrogens with one attached hydrogen (secondary N) is 1. The molecule has 0 amide bonds. The van der Waals surface area contributed by atoms with E-state index < -0.39 is 0 Å². The molecule has 0 spiro atoms. The van der Waals surface area contributed by atoms with Crippen molar-refractivity contribution in [3.63, 3.8) is 0 Å². The van der Waals surface area contributed by atoms with E-state index >= 15 is 0 Å². The second-order valence-electron chi connectivity index (χ2n) is 4.80. The van der Waals surface area contributed by atoms with Crippen LogP contribution in [0.1, 0.15) is 39.1 Å². The molecule has 1 heterocycles. The number of hydrogen-bond donors (Lipinski definition) is 1. The molecule has 0 aliphatic heterocycles. The average molecular weight is 249 g/mol. The molecule has 1 aromatic carbocycles. The van der Waals surface area contributed by atoms with Gasteiger partial charge in [0.15, 0.2) is 0 Å². The second-order valence-corrected chi connectivity index (χ2v) is 4.80. The van der Waals surface area contributed by atoms with Gasteiger partial charge in [0.25, 0.3) is 0 Å². The maximum Gasteiger partial charge on any atom is 0.125 e. The van der Waals surface area contributed by atoms with Gasteiger partial charge in [-0.2, -0.15) is 0 Å². The molecule has 0 unspecified atom stereocenters. The minimum absolute atomic E-state index is 0.232. The van der Waals surface area contributed by atoms with Crippen molar-refractivity contribution in [2.75, 3.05) is 6.54 Å². The summed E-state index contributed by atoms with van der Waals surface area (Å²) < 4.78 is 15.4. The predicted molar refractivity (Wildman–Crippen MR) is 72.1 cm³/mol. The Kier molecular flexibility index (Phi) is 3.97. The van der Waals surface area contributed by atoms with Crippen molar-refractivity contribution in [2.24, 2.45) is 0 Å². The van der Waals surface area contributed by atoms with Gasteiger partial charge < -0.3 is 9.88 Å². The molecule has 0 radical (unpaired) electrons. The van der Waals surface area contributed by atoms with Crippen molar-refractivity contribution >= 4 is 11.0 Å². The molecule has 2 aromatic rings. The van der Waals surface area contributed by atoms with Crippen molar-refractivity contribution in [2.45, 2.75) is 39.8 Å². The summed E-state index contributed by atoms with van der Waals surface area (Å²) in [6.45, 7) is 8.06. The molecular weight excluding hydrogens is 229 g/mol. The Morgan fingerprint density at radius 2 is 2.17 bits per heavy atom. The summed E-state index contributed by atoms with van der Waals surface area (Å²) in [6, 6.07) is 5.11. The molecule has 0 fully saturated rings. The average Bonchev–Trinajstić information content (AvgIpc) is 2.66. The van der Waals surface area contributed by atoms with Crippen LogP contribution in [-0.2, 0) is 6.54 Å². The van der Waals surface area contributed by atoms with Crippen molar-refractivity contribution in [1.29, 1.82) is 0 Å². The van der Waals surface area contributed by atoms with E-state index in [1.54, 1.807) is 6.07 Å². The van der Waals surface area contributed by atoms with Gasteiger partial charge in [-0.3, -0.25) is 0 Å². The highest BCUT2D eigenvalue weighted by atomic mass is 19.1. The van der Waals surface area contributed by atoms with Crippen LogP contribution in [0.25, 0.3) is 11.0 Å². The first-order valence-corrected chi connectivity index (χ1v) is 6.50. The molecule has 1 aromatic heterocycles. The molecule has 0 bridgehead atoms. The molecule has 0 saturated carbocycles. The van der Waals surface area contributed by atoms with Crippen molar-refractivity contribution < 1.29 is 4.39 Å². The van der Waals surface area contributed by atoms with Gasteiger partial charge in [0.05, 0.1) is 17.6 Å². The van der Waals surface area contributed by atoms with Crippen LogP contribution >= 0.6 is 0 Å². The Bertz CT molecular complexity index is 531. The lowest BCUT2D eigenvalue weighted by Crippen LogP contribution is -2.18. The standard InChI is InChI=1S/C14H20FN3/c1-4-7-16-9-14-17-12-8-11(15)5-6-13(12)18(14)10(2)3/h5-6,8,10,16H,4,7,9H2,1-3H3. The minimum Gasteiger partial charge on any atom is -0.324 e. The van der Waals surface area contributed by atoms with E-state index in [1.807, 2.05) is 0 Å². The number of hydrogen-bond acceptors (Lipinski definition) is 2. The fourth-order valence-electron chi connectivity index (χ4n) is 2.20.